The minimum absolute atomic E-state index is 0.0853. The molecule has 1 N–H and O–H groups in total. The van der Waals surface area contributed by atoms with Crippen LogP contribution in [0, 0.1) is 18.3 Å². The fraction of sp³-hybridized carbons (Fsp3) is 0.0714. The van der Waals surface area contributed by atoms with E-state index in [2.05, 4.69) is 10.6 Å². The van der Waals surface area contributed by atoms with Gasteiger partial charge in [0.2, 0.25) is 0 Å². The first-order chi connectivity index (χ1) is 17.4. The summed E-state index contributed by atoms with van der Waals surface area (Å²) in [6.07, 6.45) is 1.85. The number of hydrogen-bond acceptors (Lipinski definition) is 5. The summed E-state index contributed by atoms with van der Waals surface area (Å²) in [5.41, 5.74) is 4.91. The molecule has 3 aromatic carbocycles. The Bertz CT molecular complexity index is 1650. The number of hydrogen-bond donors (Lipinski definition) is 1. The van der Waals surface area contributed by atoms with Crippen molar-refractivity contribution in [2.75, 3.05) is 4.90 Å². The van der Waals surface area contributed by atoms with E-state index in [4.69, 9.17) is 12.2 Å². The molecule has 5 rings (SSSR count). The topological polar surface area (TPSA) is 86.3 Å². The van der Waals surface area contributed by atoms with Crippen LogP contribution >= 0.6 is 24.0 Å². The number of fused-ring (bicyclic) bond motifs is 1. The Balaban J connectivity index is 1.57. The second kappa shape index (κ2) is 9.46. The lowest BCUT2D eigenvalue weighted by molar-refractivity contribution is -0.113. The number of para-hydroxylation sites is 1. The number of benzene rings is 3. The molecule has 6 nitrogen and oxygen atoms in total. The lowest BCUT2D eigenvalue weighted by Gasteiger charge is -2.14. The number of carboxylic acids is 1. The van der Waals surface area contributed by atoms with E-state index < -0.39 is 5.97 Å². The largest absolute Gasteiger partial charge is 0.478 e. The highest BCUT2D eigenvalue weighted by Crippen LogP contribution is 2.38. The van der Waals surface area contributed by atoms with E-state index >= 15 is 0 Å². The molecule has 0 saturated carbocycles. The molecule has 0 radical (unpaired) electrons. The maximum Gasteiger partial charge on any atom is 0.335 e. The SMILES string of the molecule is Cc1c(/C=C2/SC(=S)N(c3cccc(C(=O)O)c3)C2=O)c2ccccc2n1Cc1ccccc1C#N. The highest BCUT2D eigenvalue weighted by atomic mass is 32.2. The number of anilines is 1. The second-order valence-electron chi connectivity index (χ2n) is 8.24. The molecule has 176 valence electrons. The third-order valence-electron chi connectivity index (χ3n) is 6.17. The van der Waals surface area contributed by atoms with E-state index in [-0.39, 0.29) is 11.5 Å². The van der Waals surface area contributed by atoms with E-state index in [1.54, 1.807) is 12.1 Å². The number of carbonyl (C=O) groups is 2. The molecule has 0 bridgehead atoms. The van der Waals surface area contributed by atoms with Crippen LogP contribution in [0.3, 0.4) is 0 Å². The van der Waals surface area contributed by atoms with Crippen molar-refractivity contribution in [1.82, 2.24) is 4.57 Å². The number of thioether (sulfide) groups is 1. The molecular formula is C28H19N3O3S2. The smallest absolute Gasteiger partial charge is 0.335 e. The number of nitriles is 1. The molecule has 0 atom stereocenters. The minimum Gasteiger partial charge on any atom is -0.478 e. The van der Waals surface area contributed by atoms with Crippen LogP contribution in [-0.2, 0) is 11.3 Å². The molecule has 36 heavy (non-hydrogen) atoms. The summed E-state index contributed by atoms with van der Waals surface area (Å²) in [6.45, 7) is 2.52. The zero-order valence-corrected chi connectivity index (χ0v) is 20.8. The van der Waals surface area contributed by atoms with E-state index in [0.29, 0.717) is 27.0 Å². The molecule has 4 aromatic rings. The average Bonchev–Trinajstić information content (AvgIpc) is 3.32. The molecule has 0 aliphatic carbocycles. The van der Waals surface area contributed by atoms with Gasteiger partial charge in [0.15, 0.2) is 4.32 Å². The van der Waals surface area contributed by atoms with Crippen LogP contribution in [-0.4, -0.2) is 25.9 Å². The summed E-state index contributed by atoms with van der Waals surface area (Å²) in [4.78, 5) is 26.6. The van der Waals surface area contributed by atoms with Crippen molar-refractivity contribution in [3.05, 3.63) is 106 Å². The summed E-state index contributed by atoms with van der Waals surface area (Å²) >= 11 is 6.69. The van der Waals surface area contributed by atoms with E-state index in [1.807, 2.05) is 61.5 Å². The van der Waals surface area contributed by atoms with Gasteiger partial charge in [0.05, 0.1) is 27.8 Å². The third kappa shape index (κ3) is 4.09. The van der Waals surface area contributed by atoms with Gasteiger partial charge in [0.1, 0.15) is 0 Å². The highest BCUT2D eigenvalue weighted by molar-refractivity contribution is 8.27. The van der Waals surface area contributed by atoms with Gasteiger partial charge in [-0.05, 0) is 48.9 Å². The first kappa shape index (κ1) is 23.5. The van der Waals surface area contributed by atoms with Crippen LogP contribution in [0.5, 0.6) is 0 Å². The molecule has 1 aromatic heterocycles. The monoisotopic (exact) mass is 509 g/mol. The van der Waals surface area contributed by atoms with Crippen LogP contribution in [0.15, 0.2) is 77.7 Å². The fourth-order valence-electron chi connectivity index (χ4n) is 4.38. The van der Waals surface area contributed by atoms with Crippen molar-refractivity contribution >= 4 is 62.8 Å². The number of rotatable bonds is 5. The highest BCUT2D eigenvalue weighted by Gasteiger charge is 2.34. The molecule has 1 amide bonds. The number of aromatic carboxylic acids is 1. The first-order valence-electron chi connectivity index (χ1n) is 11.1. The molecule has 0 unspecified atom stereocenters. The van der Waals surface area contributed by atoms with Crippen LogP contribution in [0.1, 0.15) is 32.7 Å². The maximum absolute atomic E-state index is 13.4. The molecule has 0 spiro atoms. The van der Waals surface area contributed by atoms with E-state index in [9.17, 15) is 20.0 Å². The van der Waals surface area contributed by atoms with Gasteiger partial charge in [-0.3, -0.25) is 9.69 Å². The van der Waals surface area contributed by atoms with Crippen LogP contribution < -0.4 is 4.90 Å². The Morgan fingerprint density at radius 3 is 2.64 bits per heavy atom. The summed E-state index contributed by atoms with van der Waals surface area (Å²) in [6, 6.07) is 23.9. The van der Waals surface area contributed by atoms with Crippen molar-refractivity contribution in [3.8, 4) is 6.07 Å². The maximum atomic E-state index is 13.4. The Morgan fingerprint density at radius 1 is 1.11 bits per heavy atom. The molecule has 1 aliphatic heterocycles. The van der Waals surface area contributed by atoms with Crippen molar-refractivity contribution in [1.29, 1.82) is 5.26 Å². The van der Waals surface area contributed by atoms with Crippen LogP contribution in [0.25, 0.3) is 17.0 Å². The standard InChI is InChI=1S/C28H19N3O3S2/c1-17-23(14-25-26(32)31(28(35)36-25)21-10-6-9-18(13-21)27(33)34)22-11-4-5-12-24(22)30(17)16-20-8-3-2-7-19(20)15-29/h2-14H,16H2,1H3,(H,33,34)/b25-14+. The molecule has 1 saturated heterocycles. The van der Waals surface area contributed by atoms with Crippen LogP contribution in [0.4, 0.5) is 5.69 Å². The minimum atomic E-state index is -1.07. The quantitative estimate of drug-likeness (QED) is 0.263. The van der Waals surface area contributed by atoms with E-state index in [0.717, 1.165) is 27.7 Å². The Morgan fingerprint density at radius 2 is 1.86 bits per heavy atom. The van der Waals surface area contributed by atoms with Crippen molar-refractivity contribution in [2.45, 2.75) is 13.5 Å². The van der Waals surface area contributed by atoms with Gasteiger partial charge in [-0.1, -0.05) is 66.4 Å². The van der Waals surface area contributed by atoms with Crippen molar-refractivity contribution < 1.29 is 14.7 Å². The number of thiocarbonyl (C=S) groups is 1. The number of aromatic nitrogens is 1. The summed E-state index contributed by atoms with van der Waals surface area (Å²) < 4.78 is 2.49. The van der Waals surface area contributed by atoms with Crippen LogP contribution in [0.2, 0.25) is 0 Å². The van der Waals surface area contributed by atoms with Crippen molar-refractivity contribution in [2.24, 2.45) is 0 Å². The van der Waals surface area contributed by atoms with Gasteiger partial charge in [-0.2, -0.15) is 5.26 Å². The van der Waals surface area contributed by atoms with Crippen molar-refractivity contribution in [3.63, 3.8) is 0 Å². The van der Waals surface area contributed by atoms with Gasteiger partial charge < -0.3 is 9.67 Å². The van der Waals surface area contributed by atoms with Gasteiger partial charge in [-0.25, -0.2) is 4.79 Å². The molecular weight excluding hydrogens is 490 g/mol. The number of amides is 1. The summed E-state index contributed by atoms with van der Waals surface area (Å²) in [5, 5.41) is 19.9. The Labute approximate surface area is 217 Å². The molecule has 1 aliphatic rings. The molecule has 8 heteroatoms. The zero-order valence-electron chi connectivity index (χ0n) is 19.1. The predicted octanol–water partition coefficient (Wildman–Crippen LogP) is 5.97. The molecule has 2 heterocycles. The lowest BCUT2D eigenvalue weighted by atomic mass is 10.1. The van der Waals surface area contributed by atoms with Gasteiger partial charge in [-0.15, -0.1) is 0 Å². The van der Waals surface area contributed by atoms with Gasteiger partial charge >= 0.3 is 5.97 Å². The third-order valence-corrected chi connectivity index (χ3v) is 7.47. The number of carbonyl (C=O) groups excluding carboxylic acids is 1. The summed E-state index contributed by atoms with van der Waals surface area (Å²) in [5.74, 6) is -1.36. The number of nitrogens with zero attached hydrogens (tertiary/aromatic N) is 3. The number of carboxylic acid groups (broad SMARTS) is 1. The molecule has 1 fully saturated rings. The first-order valence-corrected chi connectivity index (χ1v) is 12.3. The summed E-state index contributed by atoms with van der Waals surface area (Å²) in [7, 11) is 0. The fourth-order valence-corrected chi connectivity index (χ4v) is 5.66. The second-order valence-corrected chi connectivity index (χ2v) is 9.92. The predicted molar refractivity (Wildman–Crippen MR) is 146 cm³/mol. The Hall–Kier alpha value is -4.19. The van der Waals surface area contributed by atoms with Gasteiger partial charge in [0, 0.05) is 28.7 Å². The Kier molecular flexibility index (Phi) is 6.18. The van der Waals surface area contributed by atoms with E-state index in [1.165, 1.54) is 28.8 Å². The van der Waals surface area contributed by atoms with Gasteiger partial charge in [0.25, 0.3) is 5.91 Å². The zero-order chi connectivity index (χ0) is 25.4. The average molecular weight is 510 g/mol. The normalized spacial score (nSPS) is 14.6. The lowest BCUT2D eigenvalue weighted by Crippen LogP contribution is -2.27.